The summed E-state index contributed by atoms with van der Waals surface area (Å²) in [5, 5.41) is 0. The predicted molar refractivity (Wildman–Crippen MR) is 58.4 cm³/mol. The molecule has 0 aliphatic carbocycles. The highest BCUT2D eigenvalue weighted by molar-refractivity contribution is 5.41. The zero-order valence-corrected chi connectivity index (χ0v) is 8.97. The van der Waals surface area contributed by atoms with Crippen molar-refractivity contribution in [3.8, 4) is 0 Å². The van der Waals surface area contributed by atoms with Gasteiger partial charge in [0.2, 0.25) is 0 Å². The quantitative estimate of drug-likeness (QED) is 0.772. The predicted octanol–water partition coefficient (Wildman–Crippen LogP) is 1.50. The summed E-state index contributed by atoms with van der Waals surface area (Å²) < 4.78 is 2.05. The van der Waals surface area contributed by atoms with Gasteiger partial charge in [-0.1, -0.05) is 19.9 Å². The molecule has 0 unspecified atom stereocenters. The van der Waals surface area contributed by atoms with Crippen LogP contribution >= 0.6 is 0 Å². The van der Waals surface area contributed by atoms with E-state index < -0.39 is 0 Å². The van der Waals surface area contributed by atoms with Gasteiger partial charge in [-0.2, -0.15) is 0 Å². The van der Waals surface area contributed by atoms with E-state index in [0.717, 1.165) is 11.3 Å². The smallest absolute Gasteiger partial charge is 0.136 e. The minimum absolute atomic E-state index is 0.143. The molecule has 0 bridgehead atoms. The Kier molecular flexibility index (Phi) is 2.46. The average molecular weight is 205 g/mol. The van der Waals surface area contributed by atoms with E-state index in [9.17, 15) is 0 Å². The number of pyridine rings is 1. The molecule has 2 aromatic rings. The zero-order valence-electron chi connectivity index (χ0n) is 8.97. The van der Waals surface area contributed by atoms with Crippen molar-refractivity contribution in [2.75, 3.05) is 6.61 Å². The number of nitrogens with two attached hydrogens (primary N) is 1. The first-order valence-electron chi connectivity index (χ1n) is 4.89. The number of aromatic nitrogens is 2. The second-order valence-electron chi connectivity index (χ2n) is 4.27. The lowest BCUT2D eigenvalue weighted by atomic mass is 9.91. The van der Waals surface area contributed by atoms with Crippen LogP contribution in [0.3, 0.4) is 0 Å². The number of fused-ring (bicyclic) bond motifs is 1. The van der Waals surface area contributed by atoms with Crippen LogP contribution < -0.4 is 5.90 Å². The summed E-state index contributed by atoms with van der Waals surface area (Å²) in [5.41, 5.74) is 1.90. The summed E-state index contributed by atoms with van der Waals surface area (Å²) in [6.07, 6.45) is 3.87. The van der Waals surface area contributed by atoms with Gasteiger partial charge in [0.05, 0.1) is 12.3 Å². The van der Waals surface area contributed by atoms with Gasteiger partial charge < -0.3 is 9.24 Å². The Balaban J connectivity index is 2.52. The third-order valence-electron chi connectivity index (χ3n) is 2.55. The fourth-order valence-electron chi connectivity index (χ4n) is 1.72. The van der Waals surface area contributed by atoms with Crippen molar-refractivity contribution in [3.05, 3.63) is 36.3 Å². The van der Waals surface area contributed by atoms with Crippen LogP contribution in [0.4, 0.5) is 0 Å². The van der Waals surface area contributed by atoms with Gasteiger partial charge in [-0.05, 0) is 12.1 Å². The van der Waals surface area contributed by atoms with E-state index in [1.54, 1.807) is 0 Å². The molecule has 0 spiro atoms. The van der Waals surface area contributed by atoms with Crippen LogP contribution in [-0.4, -0.2) is 16.0 Å². The summed E-state index contributed by atoms with van der Waals surface area (Å²) in [6.45, 7) is 4.63. The van der Waals surface area contributed by atoms with E-state index in [-0.39, 0.29) is 5.41 Å². The number of hydrogen-bond acceptors (Lipinski definition) is 3. The largest absolute Gasteiger partial charge is 0.304 e. The van der Waals surface area contributed by atoms with Gasteiger partial charge in [0.15, 0.2) is 0 Å². The Morgan fingerprint density at radius 2 is 2.27 bits per heavy atom. The Morgan fingerprint density at radius 1 is 1.47 bits per heavy atom. The van der Waals surface area contributed by atoms with Crippen LogP contribution in [0, 0.1) is 0 Å². The second kappa shape index (κ2) is 3.64. The van der Waals surface area contributed by atoms with Crippen LogP contribution in [0.25, 0.3) is 5.65 Å². The standard InChI is InChI=1S/C11H15N3O/c1-11(2,8-15-12)9-7-13-10-5-3-4-6-14(9)10/h3-7H,8,12H2,1-2H3. The lowest BCUT2D eigenvalue weighted by Gasteiger charge is -2.22. The van der Waals surface area contributed by atoms with Crippen molar-refractivity contribution >= 4 is 5.65 Å². The maximum absolute atomic E-state index is 5.14. The third-order valence-corrected chi connectivity index (χ3v) is 2.55. The normalized spacial score (nSPS) is 12.2. The van der Waals surface area contributed by atoms with Gasteiger partial charge in [0.25, 0.3) is 0 Å². The highest BCUT2D eigenvalue weighted by Crippen LogP contribution is 2.23. The van der Waals surface area contributed by atoms with Crippen molar-refractivity contribution in [3.63, 3.8) is 0 Å². The van der Waals surface area contributed by atoms with Crippen LogP contribution in [-0.2, 0) is 10.3 Å². The van der Waals surface area contributed by atoms with E-state index >= 15 is 0 Å². The molecular weight excluding hydrogens is 190 g/mol. The molecule has 2 rings (SSSR count). The molecule has 2 heterocycles. The molecule has 0 aromatic carbocycles. The van der Waals surface area contributed by atoms with Gasteiger partial charge in [0.1, 0.15) is 5.65 Å². The maximum Gasteiger partial charge on any atom is 0.136 e. The van der Waals surface area contributed by atoms with E-state index in [2.05, 4.69) is 23.2 Å². The SMILES string of the molecule is CC(C)(CON)c1cnc2ccccn12. The Morgan fingerprint density at radius 3 is 3.00 bits per heavy atom. The highest BCUT2D eigenvalue weighted by Gasteiger charge is 2.24. The molecular formula is C11H15N3O. The Labute approximate surface area is 88.6 Å². The number of hydrogen-bond donors (Lipinski definition) is 1. The number of imidazole rings is 1. The molecule has 0 radical (unpaired) electrons. The molecule has 2 N–H and O–H groups in total. The average Bonchev–Trinajstić information content (AvgIpc) is 2.61. The van der Waals surface area contributed by atoms with Crippen molar-refractivity contribution in [2.24, 2.45) is 5.90 Å². The van der Waals surface area contributed by atoms with Gasteiger partial charge >= 0.3 is 0 Å². The molecule has 2 aromatic heterocycles. The van der Waals surface area contributed by atoms with Crippen LogP contribution in [0.2, 0.25) is 0 Å². The molecule has 0 amide bonds. The number of rotatable bonds is 3. The minimum atomic E-state index is -0.143. The van der Waals surface area contributed by atoms with Crippen molar-refractivity contribution in [1.82, 2.24) is 9.38 Å². The van der Waals surface area contributed by atoms with Crippen LogP contribution in [0.1, 0.15) is 19.5 Å². The molecule has 0 aliphatic heterocycles. The second-order valence-corrected chi connectivity index (χ2v) is 4.27. The van der Waals surface area contributed by atoms with E-state index in [1.807, 2.05) is 30.6 Å². The van der Waals surface area contributed by atoms with E-state index in [4.69, 9.17) is 10.7 Å². The number of nitrogens with zero attached hydrogens (tertiary/aromatic N) is 2. The lowest BCUT2D eigenvalue weighted by molar-refractivity contribution is 0.0946. The molecule has 0 aliphatic rings. The summed E-state index contributed by atoms with van der Waals surface area (Å²) in [5.74, 6) is 5.14. The fraction of sp³-hybridized carbons (Fsp3) is 0.364. The van der Waals surface area contributed by atoms with Crippen LogP contribution in [0.5, 0.6) is 0 Å². The van der Waals surface area contributed by atoms with E-state index in [1.165, 1.54) is 0 Å². The fourth-order valence-corrected chi connectivity index (χ4v) is 1.72. The first-order chi connectivity index (χ1) is 7.15. The Hall–Kier alpha value is -1.39. The first kappa shape index (κ1) is 10.1. The molecule has 80 valence electrons. The molecule has 0 saturated heterocycles. The molecule has 0 fully saturated rings. The zero-order chi connectivity index (χ0) is 10.9. The minimum Gasteiger partial charge on any atom is -0.304 e. The van der Waals surface area contributed by atoms with Gasteiger partial charge in [0, 0.05) is 17.8 Å². The van der Waals surface area contributed by atoms with Gasteiger partial charge in [-0.25, -0.2) is 10.9 Å². The van der Waals surface area contributed by atoms with Crippen molar-refractivity contribution < 1.29 is 4.84 Å². The van der Waals surface area contributed by atoms with Crippen molar-refractivity contribution in [2.45, 2.75) is 19.3 Å². The van der Waals surface area contributed by atoms with E-state index in [0.29, 0.717) is 6.61 Å². The molecule has 0 atom stereocenters. The van der Waals surface area contributed by atoms with Gasteiger partial charge in [-0.15, -0.1) is 0 Å². The molecule has 4 heteroatoms. The molecule has 15 heavy (non-hydrogen) atoms. The first-order valence-corrected chi connectivity index (χ1v) is 4.89. The summed E-state index contributed by atoms with van der Waals surface area (Å²) in [6, 6.07) is 5.93. The van der Waals surface area contributed by atoms with Crippen molar-refractivity contribution in [1.29, 1.82) is 0 Å². The topological polar surface area (TPSA) is 52.5 Å². The summed E-state index contributed by atoms with van der Waals surface area (Å²) in [7, 11) is 0. The van der Waals surface area contributed by atoms with Crippen LogP contribution in [0.15, 0.2) is 30.6 Å². The highest BCUT2D eigenvalue weighted by atomic mass is 16.6. The molecule has 0 saturated carbocycles. The van der Waals surface area contributed by atoms with Gasteiger partial charge in [-0.3, -0.25) is 0 Å². The third kappa shape index (κ3) is 1.73. The Bertz CT molecular complexity index is 462. The molecule has 4 nitrogen and oxygen atoms in total. The lowest BCUT2D eigenvalue weighted by Crippen LogP contribution is -2.27. The summed E-state index contributed by atoms with van der Waals surface area (Å²) >= 11 is 0. The monoisotopic (exact) mass is 205 g/mol. The maximum atomic E-state index is 5.14. The summed E-state index contributed by atoms with van der Waals surface area (Å²) in [4.78, 5) is 9.07.